The van der Waals surface area contributed by atoms with Crippen molar-refractivity contribution in [2.24, 2.45) is 16.7 Å². The van der Waals surface area contributed by atoms with Gasteiger partial charge in [-0.15, -0.1) is 0 Å². The maximum Gasteiger partial charge on any atom is 0.290 e. The Morgan fingerprint density at radius 2 is 1.73 bits per heavy atom. The summed E-state index contributed by atoms with van der Waals surface area (Å²) in [5.74, 6) is 0.525. The van der Waals surface area contributed by atoms with Crippen molar-refractivity contribution in [2.45, 2.75) is 40.0 Å². The van der Waals surface area contributed by atoms with Crippen LogP contribution in [0.2, 0.25) is 0 Å². The van der Waals surface area contributed by atoms with Gasteiger partial charge in [0.2, 0.25) is 5.91 Å². The molecule has 4 rings (SSSR count). The summed E-state index contributed by atoms with van der Waals surface area (Å²) in [6.07, 6.45) is 2.65. The average Bonchev–Trinajstić information content (AvgIpc) is 3.26. The molecule has 2 amide bonds. The van der Waals surface area contributed by atoms with Gasteiger partial charge in [0.15, 0.2) is 0 Å². The Morgan fingerprint density at radius 3 is 2.24 bits per heavy atom. The molecule has 3 fully saturated rings. The maximum absolute atomic E-state index is 13.5. The van der Waals surface area contributed by atoms with E-state index in [4.69, 9.17) is 9.90 Å². The Hall–Kier alpha value is -2.48. The highest BCUT2D eigenvalue weighted by atomic mass is 19.1. The number of rotatable bonds is 4. The molecule has 0 aromatic heterocycles. The third-order valence-corrected chi connectivity index (χ3v) is 7.64. The first-order chi connectivity index (χ1) is 15.7. The monoisotopic (exact) mass is 461 g/mol. The molecule has 3 aliphatic rings. The van der Waals surface area contributed by atoms with E-state index in [1.54, 1.807) is 12.1 Å². The van der Waals surface area contributed by atoms with E-state index in [1.807, 2.05) is 9.80 Å². The second-order valence-corrected chi connectivity index (χ2v) is 9.97. The molecule has 1 N–H and O–H groups in total. The minimum absolute atomic E-state index is 0.0381. The highest BCUT2D eigenvalue weighted by Crippen LogP contribution is 2.57. The van der Waals surface area contributed by atoms with Crippen molar-refractivity contribution in [3.05, 3.63) is 35.6 Å². The Morgan fingerprint density at radius 1 is 1.12 bits per heavy atom. The summed E-state index contributed by atoms with van der Waals surface area (Å²) in [5, 5.41) is 6.89. The first-order valence-electron chi connectivity index (χ1n) is 11.9. The fourth-order valence-corrected chi connectivity index (χ4v) is 6.16. The average molecular weight is 462 g/mol. The third kappa shape index (κ3) is 4.76. The molecular formula is C25H36FN3O4. The summed E-state index contributed by atoms with van der Waals surface area (Å²) in [6.45, 7) is 12.0. The number of hydrogen-bond donors (Lipinski definition) is 1. The number of amides is 2. The van der Waals surface area contributed by atoms with E-state index >= 15 is 0 Å². The zero-order valence-electron chi connectivity index (χ0n) is 19.9. The number of hydrogen-bond acceptors (Lipinski definition) is 4. The van der Waals surface area contributed by atoms with Gasteiger partial charge in [0.05, 0.1) is 5.41 Å². The maximum atomic E-state index is 13.5. The van der Waals surface area contributed by atoms with Crippen molar-refractivity contribution in [3.8, 4) is 0 Å². The highest BCUT2D eigenvalue weighted by molar-refractivity contribution is 5.94. The Balaban J connectivity index is 0.000000968. The lowest BCUT2D eigenvalue weighted by Crippen LogP contribution is -2.53. The molecule has 8 heteroatoms. The van der Waals surface area contributed by atoms with Crippen LogP contribution in [0.5, 0.6) is 0 Å². The van der Waals surface area contributed by atoms with Gasteiger partial charge in [-0.05, 0) is 56.4 Å². The van der Waals surface area contributed by atoms with Crippen LogP contribution in [-0.4, -0.2) is 83.9 Å². The van der Waals surface area contributed by atoms with E-state index < -0.39 is 0 Å². The van der Waals surface area contributed by atoms with Crippen LogP contribution in [0.25, 0.3) is 0 Å². The van der Waals surface area contributed by atoms with Gasteiger partial charge < -0.3 is 19.8 Å². The Bertz CT molecular complexity index is 852. The number of nitrogens with zero attached hydrogens (tertiary/aromatic N) is 3. The van der Waals surface area contributed by atoms with Gasteiger partial charge in [0.1, 0.15) is 5.82 Å². The first kappa shape index (κ1) is 25.1. The lowest BCUT2D eigenvalue weighted by atomic mass is 9.60. The van der Waals surface area contributed by atoms with Gasteiger partial charge in [-0.25, -0.2) is 4.39 Å². The number of carboxylic acid groups (broad SMARTS) is 1. The number of benzene rings is 1. The zero-order valence-corrected chi connectivity index (χ0v) is 19.9. The van der Waals surface area contributed by atoms with Crippen molar-refractivity contribution >= 4 is 18.3 Å². The fraction of sp³-hybridized carbons (Fsp3) is 0.640. The van der Waals surface area contributed by atoms with Crippen molar-refractivity contribution in [1.82, 2.24) is 14.7 Å². The molecule has 1 aromatic rings. The lowest BCUT2D eigenvalue weighted by molar-refractivity contribution is -0.142. The van der Waals surface area contributed by atoms with E-state index in [0.717, 1.165) is 52.0 Å². The number of halogens is 1. The molecule has 7 nitrogen and oxygen atoms in total. The van der Waals surface area contributed by atoms with E-state index in [2.05, 4.69) is 25.7 Å². The minimum Gasteiger partial charge on any atom is -0.483 e. The number of fused-ring (bicyclic) bond motifs is 1. The molecular weight excluding hydrogens is 425 g/mol. The summed E-state index contributed by atoms with van der Waals surface area (Å²) in [7, 11) is 0. The molecule has 3 heterocycles. The smallest absolute Gasteiger partial charge is 0.290 e. The quantitative estimate of drug-likeness (QED) is 0.698. The standard InChI is InChI=1S/C24H34FN3O2.CH2O2/c1-4-27-14-11-24(22(27)30)17-26(15-18(2)3)16-23(24)9-12-28(13-10-23)21(29)19-5-7-20(25)8-6-19;2-1-3/h5-8,18H,4,9-17H2,1-3H3;1H,(H,2,3). The van der Waals surface area contributed by atoms with Crippen LogP contribution in [0, 0.1) is 22.6 Å². The van der Waals surface area contributed by atoms with Crippen LogP contribution in [0.3, 0.4) is 0 Å². The zero-order chi connectivity index (χ0) is 24.2. The molecule has 0 bridgehead atoms. The molecule has 1 atom stereocenters. The van der Waals surface area contributed by atoms with Gasteiger partial charge >= 0.3 is 0 Å². The van der Waals surface area contributed by atoms with Gasteiger partial charge in [0, 0.05) is 56.8 Å². The SMILES string of the molecule is CCN1CCC2(CN(CC(C)C)CC23CCN(C(=O)c2ccc(F)cc2)CC3)C1=O.O=CO. The van der Waals surface area contributed by atoms with E-state index in [0.29, 0.717) is 30.5 Å². The van der Waals surface area contributed by atoms with Crippen LogP contribution in [0.1, 0.15) is 50.4 Å². The largest absolute Gasteiger partial charge is 0.483 e. The first-order valence-corrected chi connectivity index (χ1v) is 11.9. The molecule has 3 saturated heterocycles. The summed E-state index contributed by atoms with van der Waals surface area (Å²) in [5.41, 5.74) is 0.176. The molecule has 3 aliphatic heterocycles. The highest BCUT2D eigenvalue weighted by Gasteiger charge is 2.64. The molecule has 1 unspecified atom stereocenters. The minimum atomic E-state index is -0.331. The number of likely N-dealkylation sites (tertiary alicyclic amines) is 3. The predicted octanol–water partition coefficient (Wildman–Crippen LogP) is 2.96. The predicted molar refractivity (Wildman–Crippen MR) is 123 cm³/mol. The van der Waals surface area contributed by atoms with Crippen molar-refractivity contribution in [3.63, 3.8) is 0 Å². The molecule has 2 spiro atoms. The van der Waals surface area contributed by atoms with Gasteiger partial charge in [-0.3, -0.25) is 14.4 Å². The summed E-state index contributed by atoms with van der Waals surface area (Å²) < 4.78 is 13.2. The number of carbonyl (C=O) groups excluding carboxylic acids is 2. The lowest BCUT2D eigenvalue weighted by Gasteiger charge is -2.47. The van der Waals surface area contributed by atoms with Crippen LogP contribution >= 0.6 is 0 Å². The van der Waals surface area contributed by atoms with Crippen LogP contribution < -0.4 is 0 Å². The topological polar surface area (TPSA) is 81.2 Å². The van der Waals surface area contributed by atoms with Crippen molar-refractivity contribution in [2.75, 3.05) is 45.8 Å². The number of carbonyl (C=O) groups is 3. The summed E-state index contributed by atoms with van der Waals surface area (Å²) >= 11 is 0. The van der Waals surface area contributed by atoms with E-state index in [9.17, 15) is 14.0 Å². The van der Waals surface area contributed by atoms with Crippen molar-refractivity contribution < 1.29 is 23.9 Å². The second kappa shape index (κ2) is 10.2. The Kier molecular flexibility index (Phi) is 7.77. The fourth-order valence-electron chi connectivity index (χ4n) is 6.16. The number of piperidine rings is 1. The van der Waals surface area contributed by atoms with Crippen LogP contribution in [-0.2, 0) is 9.59 Å². The second-order valence-electron chi connectivity index (χ2n) is 9.97. The van der Waals surface area contributed by atoms with Gasteiger partial charge in [-0.1, -0.05) is 13.8 Å². The van der Waals surface area contributed by atoms with Gasteiger partial charge in [0.25, 0.3) is 12.4 Å². The third-order valence-electron chi connectivity index (χ3n) is 7.64. The van der Waals surface area contributed by atoms with E-state index in [-0.39, 0.29) is 29.0 Å². The van der Waals surface area contributed by atoms with Crippen LogP contribution in [0.4, 0.5) is 4.39 Å². The molecule has 0 aliphatic carbocycles. The normalized spacial score (nSPS) is 24.5. The Labute approximate surface area is 195 Å². The molecule has 0 radical (unpaired) electrons. The molecule has 182 valence electrons. The van der Waals surface area contributed by atoms with Gasteiger partial charge in [-0.2, -0.15) is 0 Å². The van der Waals surface area contributed by atoms with Crippen molar-refractivity contribution in [1.29, 1.82) is 0 Å². The molecule has 33 heavy (non-hydrogen) atoms. The molecule has 1 aromatic carbocycles. The summed E-state index contributed by atoms with van der Waals surface area (Å²) in [6, 6.07) is 5.79. The summed E-state index contributed by atoms with van der Waals surface area (Å²) in [4.78, 5) is 41.2. The van der Waals surface area contributed by atoms with Crippen LogP contribution in [0.15, 0.2) is 24.3 Å². The van der Waals surface area contributed by atoms with E-state index in [1.165, 1.54) is 12.1 Å². The molecule has 0 saturated carbocycles.